The highest BCUT2D eigenvalue weighted by Gasteiger charge is 2.27. The first-order valence-electron chi connectivity index (χ1n) is 9.69. The summed E-state index contributed by atoms with van der Waals surface area (Å²) < 4.78 is 2.67. The molecule has 2 heterocycles. The molecule has 0 bridgehead atoms. The smallest absolute Gasteiger partial charge is 0.330 e. The van der Waals surface area contributed by atoms with Gasteiger partial charge in [0.15, 0.2) is 0 Å². The lowest BCUT2D eigenvalue weighted by atomic mass is 9.86. The van der Waals surface area contributed by atoms with Crippen LogP contribution in [0.25, 0.3) is 0 Å². The molecule has 1 aromatic rings. The number of piperazine rings is 1. The van der Waals surface area contributed by atoms with Gasteiger partial charge in [-0.25, -0.2) is 4.79 Å². The first-order valence-corrected chi connectivity index (χ1v) is 9.69. The van der Waals surface area contributed by atoms with Gasteiger partial charge in [0.25, 0.3) is 5.56 Å². The highest BCUT2D eigenvalue weighted by atomic mass is 16.2. The van der Waals surface area contributed by atoms with Gasteiger partial charge >= 0.3 is 5.69 Å². The molecule has 1 aliphatic carbocycles. The van der Waals surface area contributed by atoms with Crippen molar-refractivity contribution in [2.24, 2.45) is 20.0 Å². The second-order valence-electron chi connectivity index (χ2n) is 7.72. The Morgan fingerprint density at radius 3 is 2.19 bits per heavy atom. The van der Waals surface area contributed by atoms with Gasteiger partial charge in [0, 0.05) is 52.4 Å². The number of rotatable bonds is 3. The van der Waals surface area contributed by atoms with Crippen LogP contribution >= 0.6 is 0 Å². The van der Waals surface area contributed by atoms with Crippen LogP contribution in [0.3, 0.4) is 0 Å². The van der Waals surface area contributed by atoms with Gasteiger partial charge in [-0.3, -0.25) is 18.7 Å². The Hall–Kier alpha value is -2.05. The van der Waals surface area contributed by atoms with Crippen molar-refractivity contribution < 1.29 is 4.79 Å². The fourth-order valence-corrected chi connectivity index (χ4v) is 4.24. The molecule has 3 rings (SSSR count). The molecule has 144 valence electrons. The molecule has 0 atom stereocenters. The second kappa shape index (κ2) is 7.68. The van der Waals surface area contributed by atoms with Crippen molar-refractivity contribution in [3.8, 4) is 0 Å². The van der Waals surface area contributed by atoms with E-state index in [9.17, 15) is 14.4 Å². The number of carbonyl (C=O) groups is 1. The minimum Gasteiger partial charge on any atom is -0.362 e. The maximum absolute atomic E-state index is 12.6. The number of nitrogens with zero attached hydrogens (tertiary/aromatic N) is 4. The van der Waals surface area contributed by atoms with Crippen molar-refractivity contribution >= 4 is 11.6 Å². The molecule has 2 aliphatic rings. The zero-order chi connectivity index (χ0) is 18.8. The summed E-state index contributed by atoms with van der Waals surface area (Å²) in [4.78, 5) is 41.1. The molecule has 1 saturated carbocycles. The largest absolute Gasteiger partial charge is 0.362 e. The summed E-state index contributed by atoms with van der Waals surface area (Å²) in [6, 6.07) is 0. The highest BCUT2D eigenvalue weighted by molar-refractivity contribution is 5.76. The Kier molecular flexibility index (Phi) is 5.53. The molecule has 1 saturated heterocycles. The van der Waals surface area contributed by atoms with Crippen molar-refractivity contribution in [1.82, 2.24) is 14.0 Å². The van der Waals surface area contributed by atoms with Gasteiger partial charge < -0.3 is 9.80 Å². The summed E-state index contributed by atoms with van der Waals surface area (Å²) in [6.45, 7) is 4.34. The Bertz CT molecular complexity index is 781. The quantitative estimate of drug-likeness (QED) is 0.805. The second-order valence-corrected chi connectivity index (χ2v) is 7.72. The van der Waals surface area contributed by atoms with Crippen LogP contribution in [0.15, 0.2) is 9.59 Å². The van der Waals surface area contributed by atoms with Crippen LogP contribution in [-0.2, 0) is 18.9 Å². The first-order chi connectivity index (χ1) is 12.4. The summed E-state index contributed by atoms with van der Waals surface area (Å²) in [5.41, 5.74) is 0.694. The van der Waals surface area contributed by atoms with Crippen LogP contribution in [0.4, 0.5) is 5.69 Å². The van der Waals surface area contributed by atoms with Crippen molar-refractivity contribution in [2.45, 2.75) is 45.4 Å². The van der Waals surface area contributed by atoms with Crippen LogP contribution in [-0.4, -0.2) is 46.1 Å². The molecule has 7 nitrogen and oxygen atoms in total. The number of hydrogen-bond donors (Lipinski definition) is 0. The Morgan fingerprint density at radius 1 is 0.962 bits per heavy atom. The lowest BCUT2D eigenvalue weighted by Gasteiger charge is -2.37. The monoisotopic (exact) mass is 362 g/mol. The van der Waals surface area contributed by atoms with Crippen LogP contribution in [0, 0.1) is 12.8 Å². The molecule has 0 spiro atoms. The molecule has 7 heteroatoms. The fourth-order valence-electron chi connectivity index (χ4n) is 4.24. The van der Waals surface area contributed by atoms with E-state index in [1.54, 1.807) is 14.0 Å². The molecule has 0 radical (unpaired) electrons. The van der Waals surface area contributed by atoms with Crippen LogP contribution in [0.2, 0.25) is 0 Å². The van der Waals surface area contributed by atoms with Gasteiger partial charge in [-0.05, 0) is 25.7 Å². The van der Waals surface area contributed by atoms with Crippen LogP contribution in [0.1, 0.15) is 44.2 Å². The fraction of sp³-hybridized carbons (Fsp3) is 0.737. The average Bonchev–Trinajstić information content (AvgIpc) is 2.66. The first kappa shape index (κ1) is 18.7. The average molecular weight is 362 g/mol. The number of carbonyl (C=O) groups excluding carboxylic acids is 1. The Balaban J connectivity index is 1.66. The number of amides is 1. The van der Waals surface area contributed by atoms with Gasteiger partial charge in [-0.15, -0.1) is 0 Å². The van der Waals surface area contributed by atoms with Gasteiger partial charge in [0.2, 0.25) is 5.91 Å². The minimum atomic E-state index is -0.308. The van der Waals surface area contributed by atoms with Crippen LogP contribution < -0.4 is 16.1 Å². The summed E-state index contributed by atoms with van der Waals surface area (Å²) >= 11 is 0. The van der Waals surface area contributed by atoms with E-state index in [2.05, 4.69) is 0 Å². The van der Waals surface area contributed by atoms with Crippen molar-refractivity contribution in [3.05, 3.63) is 26.5 Å². The molecule has 1 amide bonds. The molecule has 0 unspecified atom stereocenters. The lowest BCUT2D eigenvalue weighted by Crippen LogP contribution is -2.52. The summed E-state index contributed by atoms with van der Waals surface area (Å²) in [7, 11) is 3.20. The van der Waals surface area contributed by atoms with E-state index in [4.69, 9.17) is 0 Å². The van der Waals surface area contributed by atoms with E-state index in [1.807, 2.05) is 9.80 Å². The Labute approximate surface area is 154 Å². The van der Waals surface area contributed by atoms with E-state index in [-0.39, 0.29) is 17.2 Å². The van der Waals surface area contributed by atoms with E-state index in [1.165, 1.54) is 43.7 Å². The zero-order valence-electron chi connectivity index (χ0n) is 16.2. The third-order valence-corrected chi connectivity index (χ3v) is 6.06. The zero-order valence-corrected chi connectivity index (χ0v) is 16.2. The SMILES string of the molecule is Cc1c(N2CCN(C(=O)CC3CCCCC3)CC2)c(=O)n(C)c(=O)n1C. The lowest BCUT2D eigenvalue weighted by molar-refractivity contribution is -0.132. The maximum atomic E-state index is 12.6. The topological polar surface area (TPSA) is 67.6 Å². The van der Waals surface area contributed by atoms with E-state index in [0.29, 0.717) is 49.9 Å². The molecule has 1 aliphatic heterocycles. The highest BCUT2D eigenvalue weighted by Crippen LogP contribution is 2.27. The van der Waals surface area contributed by atoms with Crippen molar-refractivity contribution in [1.29, 1.82) is 0 Å². The number of aromatic nitrogens is 2. The Morgan fingerprint density at radius 2 is 1.58 bits per heavy atom. The standard InChI is InChI=1S/C19H30N4O3/c1-14-17(18(25)21(3)19(26)20(14)2)23-11-9-22(10-12-23)16(24)13-15-7-5-4-6-8-15/h15H,4-13H2,1-3H3. The predicted molar refractivity (Wildman–Crippen MR) is 102 cm³/mol. The van der Waals surface area contributed by atoms with E-state index >= 15 is 0 Å². The normalized spacial score (nSPS) is 19.0. The third kappa shape index (κ3) is 3.57. The van der Waals surface area contributed by atoms with Crippen molar-refractivity contribution in [2.75, 3.05) is 31.1 Å². The van der Waals surface area contributed by atoms with Crippen molar-refractivity contribution in [3.63, 3.8) is 0 Å². The summed E-state index contributed by atoms with van der Waals surface area (Å²) in [6.07, 6.45) is 6.83. The van der Waals surface area contributed by atoms with E-state index < -0.39 is 0 Å². The van der Waals surface area contributed by atoms with Gasteiger partial charge in [0.05, 0.1) is 0 Å². The molecule has 26 heavy (non-hydrogen) atoms. The molecular formula is C19H30N4O3. The minimum absolute atomic E-state index is 0.252. The van der Waals surface area contributed by atoms with Gasteiger partial charge in [-0.2, -0.15) is 0 Å². The van der Waals surface area contributed by atoms with Gasteiger partial charge in [-0.1, -0.05) is 19.3 Å². The molecular weight excluding hydrogens is 332 g/mol. The summed E-state index contributed by atoms with van der Waals surface area (Å²) in [5, 5.41) is 0. The summed E-state index contributed by atoms with van der Waals surface area (Å²) in [5.74, 6) is 0.800. The predicted octanol–water partition coefficient (Wildman–Crippen LogP) is 1.01. The molecule has 0 N–H and O–H groups in total. The number of anilines is 1. The van der Waals surface area contributed by atoms with Crippen LogP contribution in [0.5, 0.6) is 0 Å². The molecule has 0 aromatic carbocycles. The molecule has 1 aromatic heterocycles. The van der Waals surface area contributed by atoms with E-state index in [0.717, 1.165) is 4.57 Å². The maximum Gasteiger partial charge on any atom is 0.330 e. The van der Waals surface area contributed by atoms with Gasteiger partial charge in [0.1, 0.15) is 5.69 Å². The third-order valence-electron chi connectivity index (χ3n) is 6.06. The molecule has 2 fully saturated rings. The number of hydrogen-bond acceptors (Lipinski definition) is 4.